The monoisotopic (exact) mass is 335 g/mol. The molecule has 1 saturated heterocycles. The molecule has 1 aromatic rings. The molecular formula is C16H22BrN3. The molecule has 108 valence electrons. The quantitative estimate of drug-likeness (QED) is 0.899. The summed E-state index contributed by atoms with van der Waals surface area (Å²) in [5, 5.41) is 12.5. The Hall–Kier alpha value is -1.05. The van der Waals surface area contributed by atoms with Gasteiger partial charge in [0.1, 0.15) is 0 Å². The predicted molar refractivity (Wildman–Crippen MR) is 86.9 cm³/mol. The molecule has 1 aliphatic rings. The standard InChI is InChI=1S/C16H22BrN3/c1-12-4-5-15(14(17)8-12)20-9-13(6-7-18)19-10-16(2,3)11-20/h4-5,8,13,19H,6,9-11H2,1-3H3. The van der Waals surface area contributed by atoms with Gasteiger partial charge in [0, 0.05) is 30.1 Å². The molecule has 0 saturated carbocycles. The van der Waals surface area contributed by atoms with E-state index in [1.165, 1.54) is 11.3 Å². The maximum Gasteiger partial charge on any atom is 0.0638 e. The van der Waals surface area contributed by atoms with Gasteiger partial charge in [-0.2, -0.15) is 5.26 Å². The summed E-state index contributed by atoms with van der Waals surface area (Å²) < 4.78 is 1.13. The van der Waals surface area contributed by atoms with Gasteiger partial charge in [0.05, 0.1) is 18.2 Å². The van der Waals surface area contributed by atoms with Crippen molar-refractivity contribution in [1.29, 1.82) is 5.26 Å². The van der Waals surface area contributed by atoms with E-state index in [0.29, 0.717) is 6.42 Å². The molecule has 0 aromatic heterocycles. The first kappa shape index (κ1) is 15.3. The van der Waals surface area contributed by atoms with Crippen LogP contribution in [0.5, 0.6) is 0 Å². The first-order valence-electron chi connectivity index (χ1n) is 7.03. The van der Waals surface area contributed by atoms with Gasteiger partial charge in [-0.15, -0.1) is 0 Å². The maximum atomic E-state index is 8.97. The molecule has 0 bridgehead atoms. The highest BCUT2D eigenvalue weighted by Crippen LogP contribution is 2.31. The zero-order valence-electron chi connectivity index (χ0n) is 12.4. The van der Waals surface area contributed by atoms with Crippen molar-refractivity contribution in [3.63, 3.8) is 0 Å². The second kappa shape index (κ2) is 6.15. The minimum Gasteiger partial charge on any atom is -0.368 e. The topological polar surface area (TPSA) is 39.1 Å². The lowest BCUT2D eigenvalue weighted by molar-refractivity contribution is 0.360. The van der Waals surface area contributed by atoms with E-state index in [-0.39, 0.29) is 11.5 Å². The summed E-state index contributed by atoms with van der Waals surface area (Å²) in [4.78, 5) is 2.39. The van der Waals surface area contributed by atoms with E-state index in [1.807, 2.05) is 0 Å². The molecular weight excluding hydrogens is 314 g/mol. The predicted octanol–water partition coefficient (Wildman–Crippen LogP) is 3.48. The molecule has 1 heterocycles. The van der Waals surface area contributed by atoms with Crippen LogP contribution < -0.4 is 10.2 Å². The van der Waals surface area contributed by atoms with Crippen molar-refractivity contribution in [2.75, 3.05) is 24.5 Å². The molecule has 0 spiro atoms. The van der Waals surface area contributed by atoms with E-state index < -0.39 is 0 Å². The number of aryl methyl sites for hydroxylation is 1. The van der Waals surface area contributed by atoms with Crippen molar-refractivity contribution in [2.45, 2.75) is 33.2 Å². The molecule has 1 aliphatic heterocycles. The average molecular weight is 336 g/mol. The molecule has 1 unspecified atom stereocenters. The third-order valence-corrected chi connectivity index (χ3v) is 4.35. The van der Waals surface area contributed by atoms with Crippen LogP contribution in [-0.4, -0.2) is 25.7 Å². The lowest BCUT2D eigenvalue weighted by atomic mass is 9.93. The first-order valence-corrected chi connectivity index (χ1v) is 7.82. The van der Waals surface area contributed by atoms with Crippen LogP contribution in [0.1, 0.15) is 25.8 Å². The van der Waals surface area contributed by atoms with Crippen LogP contribution in [0.2, 0.25) is 0 Å². The number of nitrogens with one attached hydrogen (secondary N) is 1. The van der Waals surface area contributed by atoms with Crippen molar-refractivity contribution < 1.29 is 0 Å². The summed E-state index contributed by atoms with van der Waals surface area (Å²) in [6.07, 6.45) is 0.552. The van der Waals surface area contributed by atoms with Crippen molar-refractivity contribution in [3.05, 3.63) is 28.2 Å². The van der Waals surface area contributed by atoms with Gasteiger partial charge in [-0.05, 0) is 46.0 Å². The Balaban J connectivity index is 2.29. The third kappa shape index (κ3) is 3.74. The molecule has 1 fully saturated rings. The number of rotatable bonds is 2. The van der Waals surface area contributed by atoms with E-state index in [1.54, 1.807) is 0 Å². The Morgan fingerprint density at radius 3 is 2.90 bits per heavy atom. The highest BCUT2D eigenvalue weighted by molar-refractivity contribution is 9.10. The smallest absolute Gasteiger partial charge is 0.0638 e. The van der Waals surface area contributed by atoms with Gasteiger partial charge in [0.15, 0.2) is 0 Å². The van der Waals surface area contributed by atoms with Crippen molar-refractivity contribution >= 4 is 21.6 Å². The molecule has 0 aliphatic carbocycles. The van der Waals surface area contributed by atoms with Crippen molar-refractivity contribution in [3.8, 4) is 6.07 Å². The third-order valence-electron chi connectivity index (χ3n) is 3.71. The lowest BCUT2D eigenvalue weighted by Crippen LogP contribution is -2.37. The van der Waals surface area contributed by atoms with Gasteiger partial charge in [-0.25, -0.2) is 0 Å². The summed E-state index contributed by atoms with van der Waals surface area (Å²) >= 11 is 3.68. The molecule has 0 radical (unpaired) electrons. The Morgan fingerprint density at radius 1 is 1.50 bits per heavy atom. The van der Waals surface area contributed by atoms with Crippen LogP contribution in [0.3, 0.4) is 0 Å². The highest BCUT2D eigenvalue weighted by Gasteiger charge is 2.29. The summed E-state index contributed by atoms with van der Waals surface area (Å²) in [6.45, 7) is 9.44. The largest absolute Gasteiger partial charge is 0.368 e. The molecule has 1 N–H and O–H groups in total. The van der Waals surface area contributed by atoms with Crippen molar-refractivity contribution in [2.24, 2.45) is 5.41 Å². The van der Waals surface area contributed by atoms with E-state index in [4.69, 9.17) is 5.26 Å². The van der Waals surface area contributed by atoms with E-state index in [0.717, 1.165) is 24.1 Å². The molecule has 4 heteroatoms. The van der Waals surface area contributed by atoms with E-state index in [2.05, 4.69) is 71.2 Å². The number of nitriles is 1. The Kier molecular flexibility index (Phi) is 4.72. The fourth-order valence-electron chi connectivity index (χ4n) is 2.69. The second-order valence-corrected chi connectivity index (χ2v) is 7.29. The Morgan fingerprint density at radius 2 is 2.25 bits per heavy atom. The van der Waals surface area contributed by atoms with Crippen molar-refractivity contribution in [1.82, 2.24) is 5.32 Å². The Bertz CT molecular complexity index is 519. The molecule has 3 nitrogen and oxygen atoms in total. The number of halogens is 1. The fourth-order valence-corrected chi connectivity index (χ4v) is 3.43. The van der Waals surface area contributed by atoms with Gasteiger partial charge in [0.2, 0.25) is 0 Å². The summed E-state index contributed by atoms with van der Waals surface area (Å²) in [5.41, 5.74) is 2.66. The molecule has 20 heavy (non-hydrogen) atoms. The average Bonchev–Trinajstić information content (AvgIpc) is 2.49. The van der Waals surface area contributed by atoms with Crippen LogP contribution in [0.4, 0.5) is 5.69 Å². The minimum absolute atomic E-state index is 0.189. The van der Waals surface area contributed by atoms with Gasteiger partial charge in [0.25, 0.3) is 0 Å². The molecule has 2 rings (SSSR count). The van der Waals surface area contributed by atoms with Gasteiger partial charge < -0.3 is 10.2 Å². The fraction of sp³-hybridized carbons (Fsp3) is 0.562. The van der Waals surface area contributed by atoms with Crippen LogP contribution in [0, 0.1) is 23.7 Å². The minimum atomic E-state index is 0.189. The first-order chi connectivity index (χ1) is 9.41. The number of hydrogen-bond acceptors (Lipinski definition) is 3. The van der Waals surface area contributed by atoms with Gasteiger partial charge in [-0.1, -0.05) is 19.9 Å². The van der Waals surface area contributed by atoms with E-state index >= 15 is 0 Å². The molecule has 1 atom stereocenters. The normalized spacial score (nSPS) is 22.1. The highest BCUT2D eigenvalue weighted by atomic mass is 79.9. The zero-order chi connectivity index (χ0) is 14.8. The van der Waals surface area contributed by atoms with Crippen LogP contribution in [0.15, 0.2) is 22.7 Å². The number of benzene rings is 1. The van der Waals surface area contributed by atoms with Crippen LogP contribution >= 0.6 is 15.9 Å². The van der Waals surface area contributed by atoms with Crippen LogP contribution in [-0.2, 0) is 0 Å². The number of nitrogens with zero attached hydrogens (tertiary/aromatic N) is 2. The lowest BCUT2D eigenvalue weighted by Gasteiger charge is -2.31. The second-order valence-electron chi connectivity index (χ2n) is 6.44. The van der Waals surface area contributed by atoms with E-state index in [9.17, 15) is 0 Å². The van der Waals surface area contributed by atoms with Crippen LogP contribution in [0.25, 0.3) is 0 Å². The molecule has 1 aromatic carbocycles. The van der Waals surface area contributed by atoms with Gasteiger partial charge >= 0.3 is 0 Å². The number of anilines is 1. The zero-order valence-corrected chi connectivity index (χ0v) is 14.0. The molecule has 0 amide bonds. The number of hydrogen-bond donors (Lipinski definition) is 1. The SMILES string of the molecule is Cc1ccc(N2CC(CC#N)NCC(C)(C)C2)c(Br)c1. The summed E-state index contributed by atoms with van der Waals surface area (Å²) in [7, 11) is 0. The van der Waals surface area contributed by atoms with Gasteiger partial charge in [-0.3, -0.25) is 0 Å². The summed E-state index contributed by atoms with van der Waals surface area (Å²) in [6, 6.07) is 8.99. The Labute approximate surface area is 130 Å². The maximum absolute atomic E-state index is 8.97. The summed E-state index contributed by atoms with van der Waals surface area (Å²) in [5.74, 6) is 0.